The average Bonchev–Trinajstić information content (AvgIpc) is 3.05. The van der Waals surface area contributed by atoms with E-state index in [1.165, 1.54) is 10.8 Å². The molecule has 28 heavy (non-hydrogen) atoms. The van der Waals surface area contributed by atoms with Crippen molar-refractivity contribution < 1.29 is 26.5 Å². The number of nitrogens with one attached hydrogen (secondary N) is 1. The van der Waals surface area contributed by atoms with E-state index in [9.17, 15) is 4.79 Å². The molecule has 1 N–H and O–H groups in total. The monoisotopic (exact) mass is 423 g/mol. The molecule has 0 aliphatic rings. The summed E-state index contributed by atoms with van der Waals surface area (Å²) in [6.07, 6.45) is 0. The van der Waals surface area contributed by atoms with E-state index in [2.05, 4.69) is 55.6 Å². The van der Waals surface area contributed by atoms with Crippen LogP contribution in [-0.2, 0) is 21.7 Å². The fourth-order valence-electron chi connectivity index (χ4n) is 1.66. The van der Waals surface area contributed by atoms with Gasteiger partial charge in [-0.25, -0.2) is 0 Å². The molecule has 4 heteroatoms. The van der Waals surface area contributed by atoms with Gasteiger partial charge in [-0.05, 0) is 19.4 Å². The van der Waals surface area contributed by atoms with Crippen molar-refractivity contribution in [1.29, 1.82) is 0 Å². The Hall–Kier alpha value is -2.07. The number of allylic oxidation sites excluding steroid dienone is 2. The molecule has 0 unspecified atom stereocenters. The van der Waals surface area contributed by atoms with Crippen LogP contribution in [0, 0.1) is 14.9 Å². The predicted molar refractivity (Wildman–Crippen MR) is 123 cm³/mol. The first-order chi connectivity index (χ1) is 11.4. The van der Waals surface area contributed by atoms with Gasteiger partial charge in [-0.15, -0.1) is 29.7 Å². The maximum absolute atomic E-state index is 10.3. The Kier molecular flexibility index (Phi) is 21.9. The molecule has 3 rings (SSSR count). The number of hydrogen-bond donors (Lipinski definition) is 0. The van der Waals surface area contributed by atoms with Crippen molar-refractivity contribution in [3.8, 4) is 0 Å². The van der Waals surface area contributed by atoms with Gasteiger partial charge in [0.2, 0.25) is 0 Å². The van der Waals surface area contributed by atoms with E-state index in [1.807, 2.05) is 19.9 Å². The number of amides is 1. The zero-order valence-corrected chi connectivity index (χ0v) is 19.8. The topological polar surface area (TPSA) is 40.9 Å². The Balaban J connectivity index is -0.000000147. The van der Waals surface area contributed by atoms with Gasteiger partial charge in [0, 0.05) is 11.0 Å². The van der Waals surface area contributed by atoms with Gasteiger partial charge in [0.05, 0.1) is 5.91 Å². The molecule has 0 atom stereocenters. The Morgan fingerprint density at radius 2 is 1.32 bits per heavy atom. The summed E-state index contributed by atoms with van der Waals surface area (Å²) in [5.74, 6) is -0.629. The van der Waals surface area contributed by atoms with E-state index in [1.54, 1.807) is 24.3 Å². The van der Waals surface area contributed by atoms with Crippen LogP contribution < -0.4 is 0 Å². The third kappa shape index (κ3) is 13.2. The Morgan fingerprint density at radius 1 is 0.857 bits per heavy atom. The predicted octanol–water partition coefficient (Wildman–Crippen LogP) is 7.09. The molecule has 3 aromatic rings. The first kappa shape index (κ1) is 33.5. The third-order valence-corrected chi connectivity index (χ3v) is 3.31. The minimum Gasteiger partial charge on any atom is -0.664 e. The van der Waals surface area contributed by atoms with Crippen molar-refractivity contribution in [2.24, 2.45) is 0 Å². The second-order valence-electron chi connectivity index (χ2n) is 5.41. The Bertz CT molecular complexity index is 767. The van der Waals surface area contributed by atoms with Crippen molar-refractivity contribution in [3.63, 3.8) is 0 Å². The quantitative estimate of drug-likeness (QED) is 0.246. The van der Waals surface area contributed by atoms with Crippen LogP contribution in [-0.4, -0.2) is 16.9 Å². The Labute approximate surface area is 190 Å². The molecule has 4 radical (unpaired) electrons. The number of rotatable bonds is 2. The molecule has 0 aliphatic heterocycles. The summed E-state index contributed by atoms with van der Waals surface area (Å²) >= 11 is 0. The van der Waals surface area contributed by atoms with Crippen LogP contribution in [0.2, 0.25) is 0 Å². The summed E-state index contributed by atoms with van der Waals surface area (Å²) in [7, 11) is 0. The first-order valence-corrected chi connectivity index (χ1v) is 7.64. The van der Waals surface area contributed by atoms with Crippen molar-refractivity contribution in [3.05, 3.63) is 123 Å². The second-order valence-corrected chi connectivity index (χ2v) is 5.41. The van der Waals surface area contributed by atoms with E-state index >= 15 is 0 Å². The number of carbonyl (C=O) groups is 1. The molecule has 0 bridgehead atoms. The summed E-state index contributed by atoms with van der Waals surface area (Å²) < 4.78 is 0. The zero-order chi connectivity index (χ0) is 17.9. The maximum Gasteiger partial charge on any atom is 4.00 e. The minimum atomic E-state index is -0.629. The molecule has 3 aromatic carbocycles. The molecule has 144 valence electrons. The third-order valence-electron chi connectivity index (χ3n) is 3.31. The zero-order valence-electron chi connectivity index (χ0n) is 17.3. The summed E-state index contributed by atoms with van der Waals surface area (Å²) in [6, 6.07) is 23.2. The van der Waals surface area contributed by atoms with Crippen LogP contribution >= 0.6 is 0 Å². The van der Waals surface area contributed by atoms with Crippen LogP contribution in [0.1, 0.15) is 24.2 Å². The largest absolute Gasteiger partial charge is 4.00 e. The molecule has 0 aliphatic carbocycles. The average molecular weight is 423 g/mol. The van der Waals surface area contributed by atoms with Crippen molar-refractivity contribution in [2.75, 3.05) is 0 Å². The maximum atomic E-state index is 10.3. The number of hydrogen-bond acceptors (Lipinski definition) is 1. The van der Waals surface area contributed by atoms with Crippen molar-refractivity contribution in [1.82, 2.24) is 0 Å². The summed E-state index contributed by atoms with van der Waals surface area (Å²) in [5, 5.41) is 2.66. The van der Waals surface area contributed by atoms with Gasteiger partial charge in [0.1, 0.15) is 0 Å². The smallest absolute Gasteiger partial charge is 0.664 e. The van der Waals surface area contributed by atoms with Gasteiger partial charge < -0.3 is 25.4 Å². The normalized spacial score (nSPS) is 7.79. The van der Waals surface area contributed by atoms with E-state index in [-0.39, 0.29) is 47.5 Å². The second kappa shape index (κ2) is 18.3. The minimum absolute atomic E-state index is 0. The molecule has 0 saturated heterocycles. The van der Waals surface area contributed by atoms with E-state index in [4.69, 9.17) is 5.73 Å². The summed E-state index contributed by atoms with van der Waals surface area (Å²) in [4.78, 5) is 10.3. The molecule has 2 nitrogen and oxygen atoms in total. The summed E-state index contributed by atoms with van der Waals surface area (Å²) in [5.41, 5.74) is 9.25. The van der Waals surface area contributed by atoms with Crippen molar-refractivity contribution in [2.45, 2.75) is 13.8 Å². The molecule has 0 aromatic heterocycles. The van der Waals surface area contributed by atoms with Gasteiger partial charge >= 0.3 is 21.7 Å². The van der Waals surface area contributed by atoms with Crippen LogP contribution in [0.15, 0.2) is 97.1 Å². The van der Waals surface area contributed by atoms with Crippen LogP contribution in [0.3, 0.4) is 0 Å². The van der Waals surface area contributed by atoms with Crippen LogP contribution in [0.5, 0.6) is 0 Å². The van der Waals surface area contributed by atoms with Crippen LogP contribution in [0.25, 0.3) is 16.5 Å². The van der Waals surface area contributed by atoms with Gasteiger partial charge in [-0.3, -0.25) is 0 Å². The van der Waals surface area contributed by atoms with E-state index in [0.717, 1.165) is 11.1 Å². The van der Waals surface area contributed by atoms with Crippen LogP contribution in [0.4, 0.5) is 0 Å². The van der Waals surface area contributed by atoms with E-state index < -0.39 is 5.91 Å². The van der Waals surface area contributed by atoms with E-state index in [0.29, 0.717) is 5.56 Å². The van der Waals surface area contributed by atoms with Gasteiger partial charge in [0.15, 0.2) is 0 Å². The fourth-order valence-corrected chi connectivity index (χ4v) is 1.66. The van der Waals surface area contributed by atoms with Gasteiger partial charge in [0.25, 0.3) is 0 Å². The number of benzene rings is 2. The fraction of sp³-hybridized carbons (Fsp3) is 0.0833. The Morgan fingerprint density at radius 3 is 1.71 bits per heavy atom. The SMILES string of the molecule is C=C(C)C(=C)C.[CH3-].[CH3-].[NH-]C(=O)c1ccccc1.[Si].[Ti+4].c1ccc2[cH-]ccc2c1. The van der Waals surface area contributed by atoms with Gasteiger partial charge in [-0.1, -0.05) is 60.7 Å². The molecular formula is C24H29NOSiTi. The standard InChI is InChI=1S/C9H7.C7H7NO.C6H10.2CH3.Si.Ti/c1-2-5-9-7-3-6-8(9)4-1;8-7(9)6-4-2-1-3-5-6;1-5(2)6(3)4;;;;/h1-7H;1-5H,(H2,8,9);1,3H2,2,4H3;2*1H3;;/q-1;;;2*-1;;+4/p-1. The molecule has 1 amide bonds. The van der Waals surface area contributed by atoms with Crippen molar-refractivity contribution >= 4 is 27.6 Å². The first-order valence-electron chi connectivity index (χ1n) is 7.64. The molecule has 0 fully saturated rings. The number of carbonyl (C=O) groups excluding carboxylic acids is 1. The molecule has 0 saturated carbocycles. The molecule has 0 spiro atoms. The summed E-state index contributed by atoms with van der Waals surface area (Å²) in [6.45, 7) is 11.2. The molecular weight excluding hydrogens is 394 g/mol. The number of fused-ring (bicyclic) bond motifs is 1. The molecule has 0 heterocycles. The van der Waals surface area contributed by atoms with Gasteiger partial charge in [-0.2, -0.15) is 17.5 Å².